The Labute approximate surface area is 129 Å². The first kappa shape index (κ1) is 13.8. The lowest BCUT2D eigenvalue weighted by Gasteiger charge is -2.32. The van der Waals surface area contributed by atoms with E-state index in [1.54, 1.807) is 16.7 Å². The third-order valence-corrected chi connectivity index (χ3v) is 6.38. The van der Waals surface area contributed by atoms with Crippen molar-refractivity contribution in [2.45, 2.75) is 64.3 Å². The van der Waals surface area contributed by atoms with Crippen LogP contribution in [0.15, 0.2) is 18.2 Å². The van der Waals surface area contributed by atoms with Crippen LogP contribution in [0, 0.1) is 17.8 Å². The highest BCUT2D eigenvalue weighted by Gasteiger charge is 2.43. The molecule has 3 aliphatic carbocycles. The SMILES string of the molecule is CCNC(c1ccc2c(c1)CCCC2)C1CC2CCC1C2. The van der Waals surface area contributed by atoms with Gasteiger partial charge in [-0.3, -0.25) is 0 Å². The average molecular weight is 283 g/mol. The zero-order valence-electron chi connectivity index (χ0n) is 13.4. The van der Waals surface area contributed by atoms with Crippen LogP contribution in [-0.2, 0) is 12.8 Å². The van der Waals surface area contributed by atoms with E-state index in [1.807, 2.05) is 0 Å². The molecule has 1 aromatic rings. The number of nitrogens with one attached hydrogen (secondary N) is 1. The number of rotatable bonds is 4. The molecule has 2 saturated carbocycles. The van der Waals surface area contributed by atoms with Gasteiger partial charge in [-0.25, -0.2) is 0 Å². The van der Waals surface area contributed by atoms with Crippen LogP contribution in [0.5, 0.6) is 0 Å². The molecule has 0 aliphatic heterocycles. The summed E-state index contributed by atoms with van der Waals surface area (Å²) in [5.41, 5.74) is 4.84. The van der Waals surface area contributed by atoms with Gasteiger partial charge in [-0.15, -0.1) is 0 Å². The van der Waals surface area contributed by atoms with Gasteiger partial charge in [-0.1, -0.05) is 31.5 Å². The number of hydrogen-bond acceptors (Lipinski definition) is 1. The Kier molecular flexibility index (Phi) is 3.79. The summed E-state index contributed by atoms with van der Waals surface area (Å²) in [4.78, 5) is 0. The first-order valence-corrected chi connectivity index (χ1v) is 9.20. The summed E-state index contributed by atoms with van der Waals surface area (Å²) in [5.74, 6) is 2.93. The Balaban J connectivity index is 1.61. The lowest BCUT2D eigenvalue weighted by molar-refractivity contribution is 0.253. The lowest BCUT2D eigenvalue weighted by atomic mass is 9.79. The third kappa shape index (κ3) is 2.54. The molecule has 2 bridgehead atoms. The molecular formula is C20H29N. The minimum atomic E-state index is 0.609. The Bertz CT molecular complexity index is 507. The van der Waals surface area contributed by atoms with E-state index in [2.05, 4.69) is 30.4 Å². The van der Waals surface area contributed by atoms with Gasteiger partial charge in [0.25, 0.3) is 0 Å². The fourth-order valence-electron chi connectivity index (χ4n) is 5.39. The number of hydrogen-bond donors (Lipinski definition) is 1. The van der Waals surface area contributed by atoms with Crippen molar-refractivity contribution < 1.29 is 0 Å². The molecule has 0 radical (unpaired) electrons. The summed E-state index contributed by atoms with van der Waals surface area (Å²) in [6.07, 6.45) is 11.4. The second-order valence-electron chi connectivity index (χ2n) is 7.61. The van der Waals surface area contributed by atoms with Crippen LogP contribution in [-0.4, -0.2) is 6.54 Å². The van der Waals surface area contributed by atoms with Gasteiger partial charge in [-0.2, -0.15) is 0 Å². The van der Waals surface area contributed by atoms with Crippen molar-refractivity contribution in [2.75, 3.05) is 6.54 Å². The zero-order chi connectivity index (χ0) is 14.2. The van der Waals surface area contributed by atoms with Crippen LogP contribution in [0.4, 0.5) is 0 Å². The van der Waals surface area contributed by atoms with Crippen LogP contribution in [0.1, 0.15) is 68.2 Å². The van der Waals surface area contributed by atoms with Crippen LogP contribution < -0.4 is 5.32 Å². The van der Waals surface area contributed by atoms with Gasteiger partial charge in [0.2, 0.25) is 0 Å². The van der Waals surface area contributed by atoms with Crippen LogP contribution >= 0.6 is 0 Å². The quantitative estimate of drug-likeness (QED) is 0.848. The molecule has 0 heterocycles. The smallest absolute Gasteiger partial charge is 0.0351 e. The second-order valence-corrected chi connectivity index (χ2v) is 7.61. The molecule has 4 unspecified atom stereocenters. The van der Waals surface area contributed by atoms with Crippen LogP contribution in [0.2, 0.25) is 0 Å². The number of benzene rings is 1. The molecule has 0 saturated heterocycles. The van der Waals surface area contributed by atoms with E-state index in [9.17, 15) is 0 Å². The maximum atomic E-state index is 3.83. The van der Waals surface area contributed by atoms with E-state index in [4.69, 9.17) is 0 Å². The normalized spacial score (nSPS) is 32.1. The molecule has 1 aromatic carbocycles. The van der Waals surface area contributed by atoms with Gasteiger partial charge in [0.1, 0.15) is 0 Å². The summed E-state index contributed by atoms with van der Waals surface area (Å²) < 4.78 is 0. The van der Waals surface area contributed by atoms with Crippen molar-refractivity contribution in [1.82, 2.24) is 5.32 Å². The Morgan fingerprint density at radius 3 is 2.67 bits per heavy atom. The standard InChI is InChI=1S/C20H29N/c1-2-21-20(19-12-14-7-8-17(19)11-14)18-10-9-15-5-3-4-6-16(15)13-18/h9-10,13-14,17,19-21H,2-8,11-12H2,1H3. The fourth-order valence-corrected chi connectivity index (χ4v) is 5.39. The van der Waals surface area contributed by atoms with Crippen molar-refractivity contribution in [3.8, 4) is 0 Å². The summed E-state index contributed by atoms with van der Waals surface area (Å²) in [7, 11) is 0. The van der Waals surface area contributed by atoms with Crippen molar-refractivity contribution in [3.63, 3.8) is 0 Å². The van der Waals surface area contributed by atoms with E-state index < -0.39 is 0 Å². The molecular weight excluding hydrogens is 254 g/mol. The summed E-state index contributed by atoms with van der Waals surface area (Å²) in [5, 5.41) is 3.83. The molecule has 3 aliphatic rings. The summed E-state index contributed by atoms with van der Waals surface area (Å²) in [6.45, 7) is 3.36. The molecule has 0 aromatic heterocycles. The van der Waals surface area contributed by atoms with E-state index in [0.717, 1.165) is 24.3 Å². The molecule has 4 atom stereocenters. The highest BCUT2D eigenvalue weighted by atomic mass is 14.9. The molecule has 21 heavy (non-hydrogen) atoms. The van der Waals surface area contributed by atoms with E-state index in [0.29, 0.717) is 6.04 Å². The van der Waals surface area contributed by atoms with Gasteiger partial charge in [0.15, 0.2) is 0 Å². The maximum absolute atomic E-state index is 3.83. The first-order chi connectivity index (χ1) is 10.3. The first-order valence-electron chi connectivity index (χ1n) is 9.20. The van der Waals surface area contributed by atoms with Crippen molar-refractivity contribution in [2.24, 2.45) is 17.8 Å². The van der Waals surface area contributed by atoms with Gasteiger partial charge < -0.3 is 5.32 Å². The average Bonchev–Trinajstić information content (AvgIpc) is 3.15. The monoisotopic (exact) mass is 283 g/mol. The minimum absolute atomic E-state index is 0.609. The molecule has 0 spiro atoms. The van der Waals surface area contributed by atoms with Gasteiger partial charge in [0, 0.05) is 6.04 Å². The molecule has 1 heteroatoms. The third-order valence-electron chi connectivity index (χ3n) is 6.38. The fraction of sp³-hybridized carbons (Fsp3) is 0.700. The van der Waals surface area contributed by atoms with Crippen LogP contribution in [0.3, 0.4) is 0 Å². The Morgan fingerprint density at radius 2 is 1.95 bits per heavy atom. The van der Waals surface area contributed by atoms with Crippen LogP contribution in [0.25, 0.3) is 0 Å². The molecule has 2 fully saturated rings. The Hall–Kier alpha value is -0.820. The lowest BCUT2D eigenvalue weighted by Crippen LogP contribution is -2.31. The molecule has 0 amide bonds. The topological polar surface area (TPSA) is 12.0 Å². The highest BCUT2D eigenvalue weighted by Crippen LogP contribution is 2.52. The van der Waals surface area contributed by atoms with Crippen molar-refractivity contribution >= 4 is 0 Å². The molecule has 1 nitrogen and oxygen atoms in total. The predicted molar refractivity (Wildman–Crippen MR) is 88.4 cm³/mol. The van der Waals surface area contributed by atoms with E-state index in [-0.39, 0.29) is 0 Å². The largest absolute Gasteiger partial charge is 0.310 e. The second kappa shape index (κ2) is 5.76. The maximum Gasteiger partial charge on any atom is 0.0351 e. The minimum Gasteiger partial charge on any atom is -0.310 e. The van der Waals surface area contributed by atoms with Gasteiger partial charge in [-0.05, 0) is 85.9 Å². The molecule has 4 rings (SSSR count). The van der Waals surface area contributed by atoms with Crippen molar-refractivity contribution in [3.05, 3.63) is 34.9 Å². The predicted octanol–water partition coefficient (Wildman–Crippen LogP) is 4.65. The molecule has 1 N–H and O–H groups in total. The van der Waals surface area contributed by atoms with E-state index in [1.165, 1.54) is 51.4 Å². The van der Waals surface area contributed by atoms with E-state index >= 15 is 0 Å². The number of fused-ring (bicyclic) bond motifs is 3. The van der Waals surface area contributed by atoms with Gasteiger partial charge >= 0.3 is 0 Å². The zero-order valence-corrected chi connectivity index (χ0v) is 13.4. The van der Waals surface area contributed by atoms with Crippen molar-refractivity contribution in [1.29, 1.82) is 0 Å². The Morgan fingerprint density at radius 1 is 1.10 bits per heavy atom. The van der Waals surface area contributed by atoms with Gasteiger partial charge in [0.05, 0.1) is 0 Å². The number of aryl methyl sites for hydroxylation is 2. The summed E-state index contributed by atoms with van der Waals surface area (Å²) >= 11 is 0. The summed E-state index contributed by atoms with van der Waals surface area (Å²) in [6, 6.07) is 8.02. The molecule has 114 valence electrons. The highest BCUT2D eigenvalue weighted by molar-refractivity contribution is 5.35.